The number of ether oxygens (including phenoxy) is 1. The van der Waals surface area contributed by atoms with Crippen LogP contribution in [-0.4, -0.2) is 52.3 Å². The summed E-state index contributed by atoms with van der Waals surface area (Å²) in [5.74, 6) is -0.959. The fourth-order valence-electron chi connectivity index (χ4n) is 4.40. The fourth-order valence-corrected chi connectivity index (χ4v) is 4.40. The zero-order valence-electron chi connectivity index (χ0n) is 17.0. The Hall–Kier alpha value is -1.30. The number of nitrogens with zero attached hydrogens (tertiary/aromatic N) is 1. The second-order valence-corrected chi connectivity index (χ2v) is 9.07. The van der Waals surface area contributed by atoms with Crippen LogP contribution in [0.2, 0.25) is 0 Å². The molecule has 1 amide bonds. The highest BCUT2D eigenvalue weighted by molar-refractivity contribution is 5.81. The molecule has 1 aliphatic carbocycles. The van der Waals surface area contributed by atoms with Gasteiger partial charge >= 0.3 is 12.1 Å². The van der Waals surface area contributed by atoms with E-state index in [4.69, 9.17) is 4.74 Å². The largest absolute Gasteiger partial charge is 0.480 e. The van der Waals surface area contributed by atoms with Crippen LogP contribution >= 0.6 is 0 Å². The molecule has 2 N–H and O–H groups in total. The van der Waals surface area contributed by atoms with E-state index in [0.29, 0.717) is 24.4 Å². The summed E-state index contributed by atoms with van der Waals surface area (Å²) >= 11 is 0. The van der Waals surface area contributed by atoms with Crippen molar-refractivity contribution in [3.8, 4) is 0 Å². The Balaban J connectivity index is 1.93. The molecule has 1 saturated heterocycles. The Labute approximate surface area is 157 Å². The van der Waals surface area contributed by atoms with Crippen molar-refractivity contribution in [2.45, 2.75) is 103 Å². The maximum Gasteiger partial charge on any atom is 0.411 e. The minimum Gasteiger partial charge on any atom is -0.480 e. The van der Waals surface area contributed by atoms with Crippen LogP contribution in [0.4, 0.5) is 4.79 Å². The van der Waals surface area contributed by atoms with Gasteiger partial charge in [0.2, 0.25) is 0 Å². The standard InChI is InChI=1S/C20H36N2O4/c1-6-20(7-2)10-8-14(9-11-20)21-15-12-16(17(23)24)22(13-15)18(25)26-19(3,4)5/h14-16,21H,6-13H2,1-5H3,(H,23,24)/t15-,16-/m0/s1. The average molecular weight is 369 g/mol. The molecule has 1 saturated carbocycles. The first-order chi connectivity index (χ1) is 12.1. The second kappa shape index (κ2) is 8.15. The van der Waals surface area contributed by atoms with Gasteiger partial charge in [-0.15, -0.1) is 0 Å². The molecule has 2 fully saturated rings. The maximum absolute atomic E-state index is 12.4. The van der Waals surface area contributed by atoms with Gasteiger partial charge < -0.3 is 15.2 Å². The smallest absolute Gasteiger partial charge is 0.411 e. The van der Waals surface area contributed by atoms with Crippen LogP contribution in [0, 0.1) is 5.41 Å². The van der Waals surface area contributed by atoms with E-state index in [0.717, 1.165) is 12.8 Å². The number of hydrogen-bond acceptors (Lipinski definition) is 4. The number of rotatable bonds is 5. The highest BCUT2D eigenvalue weighted by atomic mass is 16.6. The topological polar surface area (TPSA) is 78.9 Å². The molecule has 0 radical (unpaired) electrons. The molecule has 0 spiro atoms. The van der Waals surface area contributed by atoms with Gasteiger partial charge in [-0.3, -0.25) is 4.90 Å². The molecule has 1 heterocycles. The third kappa shape index (κ3) is 5.12. The number of nitrogens with one attached hydrogen (secondary N) is 1. The second-order valence-electron chi connectivity index (χ2n) is 9.07. The van der Waals surface area contributed by atoms with E-state index >= 15 is 0 Å². The Kier molecular flexibility index (Phi) is 6.59. The average Bonchev–Trinajstić information content (AvgIpc) is 2.99. The van der Waals surface area contributed by atoms with E-state index in [1.807, 2.05) is 0 Å². The van der Waals surface area contributed by atoms with Crippen LogP contribution in [0.3, 0.4) is 0 Å². The van der Waals surface area contributed by atoms with E-state index in [1.54, 1.807) is 20.8 Å². The van der Waals surface area contributed by atoms with Crippen LogP contribution < -0.4 is 5.32 Å². The summed E-state index contributed by atoms with van der Waals surface area (Å²) in [6, 6.07) is -0.375. The van der Waals surface area contributed by atoms with Gasteiger partial charge in [0.1, 0.15) is 11.6 Å². The highest BCUT2D eigenvalue weighted by Crippen LogP contribution is 2.42. The third-order valence-corrected chi connectivity index (χ3v) is 6.23. The summed E-state index contributed by atoms with van der Waals surface area (Å²) < 4.78 is 5.39. The molecule has 2 rings (SSSR count). The number of carbonyl (C=O) groups excluding carboxylic acids is 1. The molecule has 0 aromatic rings. The Morgan fingerprint density at radius 1 is 1.15 bits per heavy atom. The molecule has 1 aliphatic heterocycles. The number of aliphatic carboxylic acids is 1. The Morgan fingerprint density at radius 2 is 1.73 bits per heavy atom. The lowest BCUT2D eigenvalue weighted by molar-refractivity contribution is -0.142. The molecule has 150 valence electrons. The van der Waals surface area contributed by atoms with Crippen molar-refractivity contribution in [3.63, 3.8) is 0 Å². The molecule has 0 aromatic carbocycles. The van der Waals surface area contributed by atoms with Gasteiger partial charge in [0, 0.05) is 18.6 Å². The quantitative estimate of drug-likeness (QED) is 0.772. The number of carbonyl (C=O) groups is 2. The normalized spacial score (nSPS) is 26.7. The van der Waals surface area contributed by atoms with Gasteiger partial charge in [-0.1, -0.05) is 26.7 Å². The lowest BCUT2D eigenvalue weighted by atomic mass is 9.69. The first kappa shape index (κ1) is 21.0. The van der Waals surface area contributed by atoms with E-state index in [2.05, 4.69) is 19.2 Å². The summed E-state index contributed by atoms with van der Waals surface area (Å²) in [6.07, 6.45) is 7.07. The first-order valence-electron chi connectivity index (χ1n) is 10.1. The molecule has 2 atom stereocenters. The molecular formula is C20H36N2O4. The summed E-state index contributed by atoms with van der Waals surface area (Å²) in [5.41, 5.74) is -0.140. The van der Waals surface area contributed by atoms with Crippen molar-refractivity contribution in [2.24, 2.45) is 5.41 Å². The highest BCUT2D eigenvalue weighted by Gasteiger charge is 2.42. The number of amides is 1. The van der Waals surface area contributed by atoms with Crippen molar-refractivity contribution in [1.29, 1.82) is 0 Å². The summed E-state index contributed by atoms with van der Waals surface area (Å²) in [4.78, 5) is 25.4. The van der Waals surface area contributed by atoms with E-state index in [-0.39, 0.29) is 6.04 Å². The molecule has 6 nitrogen and oxygen atoms in total. The van der Waals surface area contributed by atoms with E-state index in [9.17, 15) is 14.7 Å². The number of hydrogen-bond donors (Lipinski definition) is 2. The molecule has 0 aromatic heterocycles. The van der Waals surface area contributed by atoms with E-state index in [1.165, 1.54) is 30.6 Å². The molecule has 2 aliphatic rings. The van der Waals surface area contributed by atoms with Crippen LogP contribution in [-0.2, 0) is 9.53 Å². The zero-order chi connectivity index (χ0) is 19.5. The number of likely N-dealkylation sites (tertiary alicyclic amines) is 1. The van der Waals surface area contributed by atoms with Crippen LogP contribution in [0.25, 0.3) is 0 Å². The van der Waals surface area contributed by atoms with Gasteiger partial charge in [0.25, 0.3) is 0 Å². The predicted octanol–water partition coefficient (Wildman–Crippen LogP) is 3.79. The Bertz CT molecular complexity index is 500. The van der Waals surface area contributed by atoms with Crippen molar-refractivity contribution in [1.82, 2.24) is 10.2 Å². The summed E-state index contributed by atoms with van der Waals surface area (Å²) in [5, 5.41) is 13.1. The maximum atomic E-state index is 12.4. The van der Waals surface area contributed by atoms with Gasteiger partial charge in [-0.2, -0.15) is 0 Å². The summed E-state index contributed by atoms with van der Waals surface area (Å²) in [7, 11) is 0. The first-order valence-corrected chi connectivity index (χ1v) is 10.1. The van der Waals surface area contributed by atoms with Crippen molar-refractivity contribution in [2.75, 3.05) is 6.54 Å². The summed E-state index contributed by atoms with van der Waals surface area (Å²) in [6.45, 7) is 10.3. The van der Waals surface area contributed by atoms with Crippen molar-refractivity contribution >= 4 is 12.1 Å². The molecular weight excluding hydrogens is 332 g/mol. The molecule has 0 unspecified atom stereocenters. The Morgan fingerprint density at radius 3 is 2.19 bits per heavy atom. The van der Waals surface area contributed by atoms with E-state index < -0.39 is 23.7 Å². The molecule has 0 bridgehead atoms. The molecule has 6 heteroatoms. The lowest BCUT2D eigenvalue weighted by Gasteiger charge is -2.40. The predicted molar refractivity (Wildman–Crippen MR) is 101 cm³/mol. The van der Waals surface area contributed by atoms with Crippen LogP contribution in [0.15, 0.2) is 0 Å². The van der Waals surface area contributed by atoms with Crippen molar-refractivity contribution in [3.05, 3.63) is 0 Å². The van der Waals surface area contributed by atoms with Crippen LogP contribution in [0.1, 0.15) is 79.6 Å². The molecule has 26 heavy (non-hydrogen) atoms. The minimum atomic E-state index is -0.959. The van der Waals surface area contributed by atoms with Gasteiger partial charge in [0.15, 0.2) is 0 Å². The van der Waals surface area contributed by atoms with Gasteiger partial charge in [-0.05, 0) is 58.3 Å². The monoisotopic (exact) mass is 368 g/mol. The third-order valence-electron chi connectivity index (χ3n) is 6.23. The number of carboxylic acids is 1. The van der Waals surface area contributed by atoms with Crippen LogP contribution in [0.5, 0.6) is 0 Å². The minimum absolute atomic E-state index is 0.0179. The van der Waals surface area contributed by atoms with Gasteiger partial charge in [0.05, 0.1) is 0 Å². The SMILES string of the molecule is CCC1(CC)CCC(N[C@H]2C[C@@H](C(=O)O)N(C(=O)OC(C)(C)C)C2)CC1. The lowest BCUT2D eigenvalue weighted by Crippen LogP contribution is -2.45. The number of carboxylic acid groups (broad SMARTS) is 1. The van der Waals surface area contributed by atoms with Gasteiger partial charge in [-0.25, -0.2) is 9.59 Å². The zero-order valence-corrected chi connectivity index (χ0v) is 17.0. The fraction of sp³-hybridized carbons (Fsp3) is 0.900. The van der Waals surface area contributed by atoms with Crippen molar-refractivity contribution < 1.29 is 19.4 Å².